The van der Waals surface area contributed by atoms with Gasteiger partial charge in [-0.1, -0.05) is 13.3 Å². The van der Waals surface area contributed by atoms with Crippen LogP contribution in [0.5, 0.6) is 0 Å². The van der Waals surface area contributed by atoms with Gasteiger partial charge in [0.05, 0.1) is 0 Å². The van der Waals surface area contributed by atoms with Crippen molar-refractivity contribution in [3.8, 4) is 0 Å². The van der Waals surface area contributed by atoms with E-state index in [0.29, 0.717) is 0 Å². The van der Waals surface area contributed by atoms with E-state index in [1.165, 1.54) is 64.7 Å². The Bertz CT molecular complexity index is 179. The summed E-state index contributed by atoms with van der Waals surface area (Å²) in [5, 5.41) is 3.61. The van der Waals surface area contributed by atoms with Crippen molar-refractivity contribution in [1.29, 1.82) is 0 Å². The van der Waals surface area contributed by atoms with Gasteiger partial charge in [-0.2, -0.15) is 0 Å². The van der Waals surface area contributed by atoms with Crippen LogP contribution in [0.4, 0.5) is 0 Å². The predicted octanol–water partition coefficient (Wildman–Crippen LogP) is 2.25. The molecular formula is C13H26N2. The standard InChI is InChI=1S/C13H26N2/c1-2-8-14-11-12-6-5-10-15-9-4-3-7-13(12)15/h12-14H,2-11H2,1H3/t12-,13+/m1/s1. The predicted molar refractivity (Wildman–Crippen MR) is 65.1 cm³/mol. The molecule has 0 radical (unpaired) electrons. The van der Waals surface area contributed by atoms with Gasteiger partial charge in [-0.3, -0.25) is 0 Å². The van der Waals surface area contributed by atoms with Crippen molar-refractivity contribution in [2.45, 2.75) is 51.5 Å². The molecular weight excluding hydrogens is 184 g/mol. The van der Waals surface area contributed by atoms with Gasteiger partial charge in [0.2, 0.25) is 0 Å². The van der Waals surface area contributed by atoms with E-state index in [0.717, 1.165) is 12.0 Å². The first-order chi connectivity index (χ1) is 7.42. The Balaban J connectivity index is 1.81. The Labute approximate surface area is 94.4 Å². The molecule has 2 atom stereocenters. The van der Waals surface area contributed by atoms with Crippen LogP contribution >= 0.6 is 0 Å². The molecule has 0 unspecified atom stereocenters. The van der Waals surface area contributed by atoms with E-state index >= 15 is 0 Å². The minimum atomic E-state index is 0.914. The lowest BCUT2D eigenvalue weighted by molar-refractivity contribution is 0.0596. The molecule has 2 aliphatic rings. The molecule has 2 heterocycles. The van der Waals surface area contributed by atoms with Gasteiger partial charge in [0.25, 0.3) is 0 Å². The highest BCUT2D eigenvalue weighted by Crippen LogP contribution is 2.30. The highest BCUT2D eigenvalue weighted by Gasteiger charge is 2.32. The zero-order valence-electron chi connectivity index (χ0n) is 10.2. The summed E-state index contributed by atoms with van der Waals surface area (Å²) in [6.07, 6.45) is 8.50. The topological polar surface area (TPSA) is 15.3 Å². The van der Waals surface area contributed by atoms with Gasteiger partial charge in [-0.05, 0) is 64.2 Å². The molecule has 0 aliphatic carbocycles. The molecule has 0 aromatic rings. The largest absolute Gasteiger partial charge is 0.316 e. The molecule has 0 aromatic carbocycles. The van der Waals surface area contributed by atoms with Crippen molar-refractivity contribution < 1.29 is 0 Å². The summed E-state index contributed by atoms with van der Waals surface area (Å²) in [4.78, 5) is 2.76. The number of hydrogen-bond donors (Lipinski definition) is 1. The van der Waals surface area contributed by atoms with Crippen LogP contribution in [0.1, 0.15) is 45.4 Å². The number of nitrogens with zero attached hydrogens (tertiary/aromatic N) is 1. The van der Waals surface area contributed by atoms with Crippen molar-refractivity contribution >= 4 is 0 Å². The second kappa shape index (κ2) is 5.86. The van der Waals surface area contributed by atoms with E-state index in [1.54, 1.807) is 0 Å². The van der Waals surface area contributed by atoms with Crippen LogP contribution in [0, 0.1) is 5.92 Å². The third-order valence-corrected chi connectivity index (χ3v) is 4.06. The van der Waals surface area contributed by atoms with Crippen LogP contribution in [-0.4, -0.2) is 37.1 Å². The number of hydrogen-bond acceptors (Lipinski definition) is 2. The van der Waals surface area contributed by atoms with Gasteiger partial charge in [-0.15, -0.1) is 0 Å². The molecule has 2 fully saturated rings. The van der Waals surface area contributed by atoms with Crippen LogP contribution in [0.2, 0.25) is 0 Å². The molecule has 2 aliphatic heterocycles. The third-order valence-electron chi connectivity index (χ3n) is 4.06. The van der Waals surface area contributed by atoms with Gasteiger partial charge in [0, 0.05) is 6.04 Å². The second-order valence-corrected chi connectivity index (χ2v) is 5.21. The number of piperidine rings is 2. The van der Waals surface area contributed by atoms with Gasteiger partial charge in [0.1, 0.15) is 0 Å². The molecule has 0 bridgehead atoms. The van der Waals surface area contributed by atoms with Crippen molar-refractivity contribution in [3.05, 3.63) is 0 Å². The van der Waals surface area contributed by atoms with Crippen molar-refractivity contribution in [2.24, 2.45) is 5.92 Å². The van der Waals surface area contributed by atoms with E-state index in [2.05, 4.69) is 17.1 Å². The highest BCUT2D eigenvalue weighted by atomic mass is 15.2. The van der Waals surface area contributed by atoms with E-state index in [4.69, 9.17) is 0 Å². The average Bonchev–Trinajstić information content (AvgIpc) is 2.30. The van der Waals surface area contributed by atoms with Crippen molar-refractivity contribution in [2.75, 3.05) is 26.2 Å². The van der Waals surface area contributed by atoms with Gasteiger partial charge >= 0.3 is 0 Å². The van der Waals surface area contributed by atoms with E-state index in [1.807, 2.05) is 0 Å². The Kier molecular flexibility index (Phi) is 4.45. The molecule has 0 amide bonds. The Morgan fingerprint density at radius 3 is 2.87 bits per heavy atom. The lowest BCUT2D eigenvalue weighted by atomic mass is 9.83. The average molecular weight is 210 g/mol. The van der Waals surface area contributed by atoms with Crippen LogP contribution < -0.4 is 5.32 Å². The maximum atomic E-state index is 3.61. The zero-order valence-corrected chi connectivity index (χ0v) is 10.2. The maximum absolute atomic E-state index is 3.61. The van der Waals surface area contributed by atoms with Crippen LogP contribution in [0.25, 0.3) is 0 Å². The number of fused-ring (bicyclic) bond motifs is 1. The van der Waals surface area contributed by atoms with Crippen LogP contribution in [0.15, 0.2) is 0 Å². The second-order valence-electron chi connectivity index (χ2n) is 5.21. The SMILES string of the molecule is CCCNC[C@H]1CCCN2CCCC[C@@H]12. The normalized spacial score (nSPS) is 32.6. The van der Waals surface area contributed by atoms with Crippen LogP contribution in [-0.2, 0) is 0 Å². The quantitative estimate of drug-likeness (QED) is 0.716. The molecule has 88 valence electrons. The van der Waals surface area contributed by atoms with E-state index < -0.39 is 0 Å². The summed E-state index contributed by atoms with van der Waals surface area (Å²) in [5.74, 6) is 0.936. The molecule has 2 nitrogen and oxygen atoms in total. The van der Waals surface area contributed by atoms with Gasteiger partial charge < -0.3 is 10.2 Å². The highest BCUT2D eigenvalue weighted by molar-refractivity contribution is 4.87. The monoisotopic (exact) mass is 210 g/mol. The summed E-state index contributed by atoms with van der Waals surface area (Å²) in [7, 11) is 0. The lowest BCUT2D eigenvalue weighted by Crippen LogP contribution is -2.50. The zero-order chi connectivity index (χ0) is 10.5. The molecule has 2 heteroatoms. The summed E-state index contributed by atoms with van der Waals surface area (Å²) in [6, 6.07) is 0.914. The molecule has 0 saturated carbocycles. The molecule has 2 saturated heterocycles. The lowest BCUT2D eigenvalue weighted by Gasteiger charge is -2.44. The summed E-state index contributed by atoms with van der Waals surface area (Å²) < 4.78 is 0. The third kappa shape index (κ3) is 2.94. The summed E-state index contributed by atoms with van der Waals surface area (Å²) in [5.41, 5.74) is 0. The molecule has 1 N–H and O–H groups in total. The van der Waals surface area contributed by atoms with Gasteiger partial charge in [-0.25, -0.2) is 0 Å². The van der Waals surface area contributed by atoms with Gasteiger partial charge in [0.15, 0.2) is 0 Å². The van der Waals surface area contributed by atoms with Crippen LogP contribution in [0.3, 0.4) is 0 Å². The first-order valence-electron chi connectivity index (χ1n) is 6.86. The van der Waals surface area contributed by atoms with Crippen molar-refractivity contribution in [3.63, 3.8) is 0 Å². The summed E-state index contributed by atoms with van der Waals surface area (Å²) in [6.45, 7) is 7.45. The minimum absolute atomic E-state index is 0.914. The first-order valence-corrected chi connectivity index (χ1v) is 6.86. The summed E-state index contributed by atoms with van der Waals surface area (Å²) >= 11 is 0. The molecule has 2 rings (SSSR count). The molecule has 0 aromatic heterocycles. The Hall–Kier alpha value is -0.0800. The number of nitrogens with one attached hydrogen (secondary N) is 1. The molecule has 0 spiro atoms. The maximum Gasteiger partial charge on any atom is 0.0136 e. The Morgan fingerprint density at radius 1 is 1.13 bits per heavy atom. The minimum Gasteiger partial charge on any atom is -0.316 e. The fourth-order valence-corrected chi connectivity index (χ4v) is 3.28. The van der Waals surface area contributed by atoms with Crippen molar-refractivity contribution in [1.82, 2.24) is 10.2 Å². The Morgan fingerprint density at radius 2 is 2.00 bits per heavy atom. The fraction of sp³-hybridized carbons (Fsp3) is 1.00. The molecule has 15 heavy (non-hydrogen) atoms. The van der Waals surface area contributed by atoms with E-state index in [9.17, 15) is 0 Å². The first kappa shape index (κ1) is 11.4. The number of rotatable bonds is 4. The fourth-order valence-electron chi connectivity index (χ4n) is 3.28. The smallest absolute Gasteiger partial charge is 0.0136 e. The van der Waals surface area contributed by atoms with E-state index in [-0.39, 0.29) is 0 Å².